The lowest BCUT2D eigenvalue weighted by Crippen LogP contribution is -2.28. The third kappa shape index (κ3) is 4.32. The van der Waals surface area contributed by atoms with Crippen LogP contribution in [-0.4, -0.2) is 12.0 Å². The van der Waals surface area contributed by atoms with E-state index in [0.29, 0.717) is 0 Å². The maximum Gasteiger partial charge on any atom is 0.303 e. The zero-order valence-corrected chi connectivity index (χ0v) is 9.66. The van der Waals surface area contributed by atoms with Gasteiger partial charge in [0.15, 0.2) is 0 Å². The van der Waals surface area contributed by atoms with Crippen molar-refractivity contribution in [1.82, 2.24) is 0 Å². The molecule has 3 nitrogen and oxygen atoms in total. The molecule has 0 aromatic heterocycles. The second-order valence-corrected chi connectivity index (χ2v) is 3.30. The molecule has 0 bridgehead atoms. The first kappa shape index (κ1) is 13.9. The zero-order chi connectivity index (χ0) is 10.6. The van der Waals surface area contributed by atoms with E-state index in [4.69, 9.17) is 10.5 Å². The number of carbonyl (C=O) groups is 1. The Bertz CT molecular complexity index is 301. The van der Waals surface area contributed by atoms with Gasteiger partial charge in [-0.1, -0.05) is 30.3 Å². The van der Waals surface area contributed by atoms with Crippen LogP contribution in [-0.2, 0) is 9.53 Å². The van der Waals surface area contributed by atoms with Gasteiger partial charge >= 0.3 is 5.97 Å². The van der Waals surface area contributed by atoms with Crippen LogP contribution in [0.5, 0.6) is 0 Å². The van der Waals surface area contributed by atoms with E-state index in [1.165, 1.54) is 6.92 Å². The van der Waals surface area contributed by atoms with E-state index in [9.17, 15) is 4.79 Å². The molecule has 0 amide bonds. The van der Waals surface area contributed by atoms with Crippen molar-refractivity contribution in [2.45, 2.75) is 26.0 Å². The van der Waals surface area contributed by atoms with Crippen LogP contribution in [0.4, 0.5) is 0 Å². The fourth-order valence-electron chi connectivity index (χ4n) is 1.30. The molecule has 0 aliphatic carbocycles. The summed E-state index contributed by atoms with van der Waals surface area (Å²) in [5, 5.41) is 0. The van der Waals surface area contributed by atoms with Gasteiger partial charge < -0.3 is 10.5 Å². The molecule has 2 atom stereocenters. The predicted molar refractivity (Wildman–Crippen MR) is 61.8 cm³/mol. The fraction of sp³-hybridized carbons (Fsp3) is 0.364. The maximum absolute atomic E-state index is 10.9. The quantitative estimate of drug-likeness (QED) is 0.808. The topological polar surface area (TPSA) is 52.3 Å². The Morgan fingerprint density at radius 2 is 1.87 bits per heavy atom. The van der Waals surface area contributed by atoms with Crippen molar-refractivity contribution in [3.05, 3.63) is 35.9 Å². The Labute approximate surface area is 96.0 Å². The molecule has 0 aliphatic heterocycles. The minimum Gasteiger partial charge on any atom is -0.456 e. The highest BCUT2D eigenvalue weighted by molar-refractivity contribution is 5.85. The van der Waals surface area contributed by atoms with Gasteiger partial charge in [-0.25, -0.2) is 0 Å². The Kier molecular flexibility index (Phi) is 5.97. The molecule has 1 aromatic carbocycles. The third-order valence-corrected chi connectivity index (χ3v) is 1.90. The number of hydrogen-bond donors (Lipinski definition) is 1. The summed E-state index contributed by atoms with van der Waals surface area (Å²) < 4.78 is 5.13. The largest absolute Gasteiger partial charge is 0.456 e. The van der Waals surface area contributed by atoms with Crippen LogP contribution in [0.25, 0.3) is 0 Å². The number of ether oxygens (including phenoxy) is 1. The SMILES string of the molecule is CC(=O)O[C@@H](c1ccccc1)C(C)N.Cl. The highest BCUT2D eigenvalue weighted by atomic mass is 35.5. The summed E-state index contributed by atoms with van der Waals surface area (Å²) in [6, 6.07) is 9.30. The number of hydrogen-bond acceptors (Lipinski definition) is 3. The smallest absolute Gasteiger partial charge is 0.303 e. The van der Waals surface area contributed by atoms with Crippen LogP contribution in [0.15, 0.2) is 30.3 Å². The number of benzene rings is 1. The predicted octanol–water partition coefficient (Wildman–Crippen LogP) is 2.06. The highest BCUT2D eigenvalue weighted by Crippen LogP contribution is 2.19. The molecule has 15 heavy (non-hydrogen) atoms. The number of nitrogens with two attached hydrogens (primary N) is 1. The van der Waals surface area contributed by atoms with E-state index in [1.807, 2.05) is 37.3 Å². The van der Waals surface area contributed by atoms with E-state index in [-0.39, 0.29) is 30.5 Å². The van der Waals surface area contributed by atoms with E-state index in [1.54, 1.807) is 0 Å². The summed E-state index contributed by atoms with van der Waals surface area (Å²) >= 11 is 0. The second-order valence-electron chi connectivity index (χ2n) is 3.30. The first-order valence-corrected chi connectivity index (χ1v) is 4.59. The summed E-state index contributed by atoms with van der Waals surface area (Å²) in [7, 11) is 0. The molecular formula is C11H16ClNO2. The Hall–Kier alpha value is -1.06. The van der Waals surface area contributed by atoms with Gasteiger partial charge in [-0.15, -0.1) is 12.4 Å². The lowest BCUT2D eigenvalue weighted by Gasteiger charge is -2.20. The number of halogens is 1. The standard InChI is InChI=1S/C11H15NO2.ClH/c1-8(12)11(14-9(2)13)10-6-4-3-5-7-10;/h3-8,11H,12H2,1-2H3;1H/t8?,11-;/m1./s1. The molecule has 0 fully saturated rings. The minimum absolute atomic E-state index is 0. The molecule has 0 saturated carbocycles. The number of carbonyl (C=O) groups excluding carboxylic acids is 1. The van der Waals surface area contributed by atoms with Crippen molar-refractivity contribution < 1.29 is 9.53 Å². The Morgan fingerprint density at radius 3 is 2.27 bits per heavy atom. The summed E-state index contributed by atoms with van der Waals surface area (Å²) in [6.07, 6.45) is -0.353. The first-order valence-electron chi connectivity index (χ1n) is 4.59. The molecule has 1 rings (SSSR count). The second kappa shape index (κ2) is 6.43. The summed E-state index contributed by atoms with van der Waals surface area (Å²) in [4.78, 5) is 10.9. The lowest BCUT2D eigenvalue weighted by atomic mass is 10.0. The third-order valence-electron chi connectivity index (χ3n) is 1.90. The van der Waals surface area contributed by atoms with Gasteiger partial charge in [0.25, 0.3) is 0 Å². The van der Waals surface area contributed by atoms with Crippen LogP contribution in [0.1, 0.15) is 25.5 Å². The van der Waals surface area contributed by atoms with Crippen molar-refractivity contribution in [1.29, 1.82) is 0 Å². The van der Waals surface area contributed by atoms with E-state index < -0.39 is 0 Å². The average molecular weight is 230 g/mol. The van der Waals surface area contributed by atoms with Crippen LogP contribution in [0.3, 0.4) is 0 Å². The van der Waals surface area contributed by atoms with Gasteiger partial charge in [0.1, 0.15) is 6.10 Å². The van der Waals surface area contributed by atoms with Gasteiger partial charge in [-0.2, -0.15) is 0 Å². The molecule has 0 aliphatic rings. The van der Waals surface area contributed by atoms with Gasteiger partial charge in [-0.3, -0.25) is 4.79 Å². The van der Waals surface area contributed by atoms with Gasteiger partial charge in [0, 0.05) is 13.0 Å². The monoisotopic (exact) mass is 229 g/mol. The zero-order valence-electron chi connectivity index (χ0n) is 8.84. The molecule has 0 spiro atoms. The number of rotatable bonds is 3. The molecule has 0 heterocycles. The molecular weight excluding hydrogens is 214 g/mol. The van der Waals surface area contributed by atoms with Crippen molar-refractivity contribution in [3.63, 3.8) is 0 Å². The van der Waals surface area contributed by atoms with Crippen LogP contribution in [0.2, 0.25) is 0 Å². The lowest BCUT2D eigenvalue weighted by molar-refractivity contribution is -0.147. The minimum atomic E-state index is -0.353. The summed E-state index contributed by atoms with van der Waals surface area (Å²) in [5.41, 5.74) is 6.67. The molecule has 0 saturated heterocycles. The molecule has 1 aromatic rings. The Balaban J connectivity index is 0.00000196. The first-order chi connectivity index (χ1) is 6.61. The van der Waals surface area contributed by atoms with E-state index in [2.05, 4.69) is 0 Å². The van der Waals surface area contributed by atoms with Gasteiger partial charge in [-0.05, 0) is 12.5 Å². The van der Waals surface area contributed by atoms with Crippen molar-refractivity contribution >= 4 is 18.4 Å². The molecule has 4 heteroatoms. The van der Waals surface area contributed by atoms with Crippen LogP contribution in [0, 0.1) is 0 Å². The normalized spacial score (nSPS) is 13.5. The summed E-state index contributed by atoms with van der Waals surface area (Å²) in [6.45, 7) is 3.21. The summed E-state index contributed by atoms with van der Waals surface area (Å²) in [5.74, 6) is -0.309. The Morgan fingerprint density at radius 1 is 1.33 bits per heavy atom. The molecule has 84 valence electrons. The van der Waals surface area contributed by atoms with Crippen LogP contribution >= 0.6 is 12.4 Å². The van der Waals surface area contributed by atoms with Gasteiger partial charge in [0.2, 0.25) is 0 Å². The van der Waals surface area contributed by atoms with E-state index in [0.717, 1.165) is 5.56 Å². The average Bonchev–Trinajstić information content (AvgIpc) is 2.15. The van der Waals surface area contributed by atoms with Crippen molar-refractivity contribution in [3.8, 4) is 0 Å². The van der Waals surface area contributed by atoms with Crippen molar-refractivity contribution in [2.75, 3.05) is 0 Å². The fourth-order valence-corrected chi connectivity index (χ4v) is 1.30. The molecule has 2 N–H and O–H groups in total. The molecule has 1 unspecified atom stereocenters. The van der Waals surface area contributed by atoms with Gasteiger partial charge in [0.05, 0.1) is 0 Å². The highest BCUT2D eigenvalue weighted by Gasteiger charge is 2.18. The maximum atomic E-state index is 10.9. The van der Waals surface area contributed by atoms with E-state index >= 15 is 0 Å². The number of esters is 1. The van der Waals surface area contributed by atoms with Crippen molar-refractivity contribution in [2.24, 2.45) is 5.73 Å². The van der Waals surface area contributed by atoms with Crippen LogP contribution < -0.4 is 5.73 Å². The molecule has 0 radical (unpaired) electrons.